The van der Waals surface area contributed by atoms with Gasteiger partial charge >= 0.3 is 0 Å². The highest BCUT2D eigenvalue weighted by Crippen LogP contribution is 2.27. The molecular formula is C15H12N2O3. The van der Waals surface area contributed by atoms with Gasteiger partial charge in [-0.1, -0.05) is 12.1 Å². The quantitative estimate of drug-likeness (QED) is 0.662. The molecule has 5 heteroatoms. The van der Waals surface area contributed by atoms with Crippen LogP contribution in [0.2, 0.25) is 0 Å². The molecule has 1 aromatic heterocycles. The predicted molar refractivity (Wildman–Crippen MR) is 72.3 cm³/mol. The molecule has 0 saturated carbocycles. The van der Waals surface area contributed by atoms with Crippen LogP contribution < -0.4 is 5.32 Å². The van der Waals surface area contributed by atoms with Gasteiger partial charge in [-0.2, -0.15) is 0 Å². The highest BCUT2D eigenvalue weighted by molar-refractivity contribution is 6.02. The Morgan fingerprint density at radius 3 is 2.90 bits per heavy atom. The molecule has 5 nitrogen and oxygen atoms in total. The van der Waals surface area contributed by atoms with E-state index in [0.29, 0.717) is 23.9 Å². The normalized spacial score (nSPS) is 18.9. The Balaban J connectivity index is 2.06. The van der Waals surface area contributed by atoms with E-state index in [0.717, 1.165) is 17.2 Å². The van der Waals surface area contributed by atoms with Crippen molar-refractivity contribution in [2.24, 2.45) is 0 Å². The minimum atomic E-state index is -0.385. The van der Waals surface area contributed by atoms with Gasteiger partial charge in [0.25, 0.3) is 0 Å². The fourth-order valence-electron chi connectivity index (χ4n) is 2.49. The van der Waals surface area contributed by atoms with Gasteiger partial charge < -0.3 is 0 Å². The van der Waals surface area contributed by atoms with Crippen LogP contribution in [0, 0.1) is 0 Å². The third kappa shape index (κ3) is 2.07. The zero-order valence-electron chi connectivity index (χ0n) is 10.6. The maximum atomic E-state index is 11.9. The van der Waals surface area contributed by atoms with Crippen LogP contribution in [-0.4, -0.2) is 23.1 Å². The van der Waals surface area contributed by atoms with Crippen molar-refractivity contribution < 1.29 is 14.4 Å². The van der Waals surface area contributed by atoms with Crippen LogP contribution in [0.3, 0.4) is 0 Å². The summed E-state index contributed by atoms with van der Waals surface area (Å²) in [6.45, 7) is 0. The smallest absolute Gasteiger partial charge is 0.234 e. The number of carbonyl (C=O) groups excluding carboxylic acids is 3. The predicted octanol–water partition coefficient (Wildman–Crippen LogP) is 1.57. The Kier molecular flexibility index (Phi) is 3.02. The third-order valence-electron chi connectivity index (χ3n) is 3.55. The second-order valence-corrected chi connectivity index (χ2v) is 4.80. The van der Waals surface area contributed by atoms with Gasteiger partial charge in [0.2, 0.25) is 11.8 Å². The molecule has 1 unspecified atom stereocenters. The average Bonchev–Trinajstić information content (AvgIpc) is 2.46. The Bertz CT molecular complexity index is 724. The molecule has 1 N–H and O–H groups in total. The van der Waals surface area contributed by atoms with E-state index in [1.54, 1.807) is 18.3 Å². The van der Waals surface area contributed by atoms with Crippen LogP contribution in [0.25, 0.3) is 10.9 Å². The van der Waals surface area contributed by atoms with Gasteiger partial charge in [0, 0.05) is 23.6 Å². The lowest BCUT2D eigenvalue weighted by molar-refractivity contribution is -0.134. The number of fused-ring (bicyclic) bond motifs is 1. The first-order chi connectivity index (χ1) is 9.69. The Morgan fingerprint density at radius 1 is 1.30 bits per heavy atom. The Labute approximate surface area is 115 Å². The van der Waals surface area contributed by atoms with E-state index < -0.39 is 0 Å². The number of carbonyl (C=O) groups is 3. The van der Waals surface area contributed by atoms with Crippen molar-refractivity contribution in [2.75, 3.05) is 0 Å². The monoisotopic (exact) mass is 268 g/mol. The highest BCUT2D eigenvalue weighted by Gasteiger charge is 2.28. The van der Waals surface area contributed by atoms with Crippen molar-refractivity contribution >= 4 is 29.0 Å². The molecule has 0 bridgehead atoms. The third-order valence-corrected chi connectivity index (χ3v) is 3.55. The molecule has 1 saturated heterocycles. The van der Waals surface area contributed by atoms with Gasteiger partial charge in [-0.15, -0.1) is 0 Å². The van der Waals surface area contributed by atoms with Crippen molar-refractivity contribution in [2.45, 2.75) is 18.8 Å². The number of benzene rings is 1. The summed E-state index contributed by atoms with van der Waals surface area (Å²) < 4.78 is 0. The molecule has 1 fully saturated rings. The van der Waals surface area contributed by atoms with Crippen LogP contribution >= 0.6 is 0 Å². The molecular weight excluding hydrogens is 256 g/mol. The number of rotatable bonds is 2. The molecule has 2 amide bonds. The molecule has 2 heterocycles. The minimum Gasteiger partial charge on any atom is -0.298 e. The van der Waals surface area contributed by atoms with Crippen molar-refractivity contribution in [3.05, 3.63) is 41.6 Å². The van der Waals surface area contributed by atoms with E-state index in [4.69, 9.17) is 0 Å². The summed E-state index contributed by atoms with van der Waals surface area (Å²) in [5.41, 5.74) is 1.99. The summed E-state index contributed by atoms with van der Waals surface area (Å²) in [6.07, 6.45) is 3.21. The van der Waals surface area contributed by atoms with Crippen molar-refractivity contribution in [1.82, 2.24) is 10.3 Å². The van der Waals surface area contributed by atoms with Crippen LogP contribution in [0.1, 0.15) is 34.7 Å². The second-order valence-electron chi connectivity index (χ2n) is 4.80. The lowest BCUT2D eigenvalue weighted by atomic mass is 9.90. The number of nitrogens with one attached hydrogen (secondary N) is 1. The largest absolute Gasteiger partial charge is 0.298 e. The molecule has 2 aromatic rings. The maximum Gasteiger partial charge on any atom is 0.234 e. The molecule has 1 aliphatic heterocycles. The van der Waals surface area contributed by atoms with Gasteiger partial charge in [0.15, 0.2) is 6.29 Å². The second kappa shape index (κ2) is 4.85. The minimum absolute atomic E-state index is 0.242. The molecule has 1 aliphatic rings. The topological polar surface area (TPSA) is 76.1 Å². The maximum absolute atomic E-state index is 11.9. The van der Waals surface area contributed by atoms with Crippen LogP contribution in [0.4, 0.5) is 0 Å². The SMILES string of the molecule is O=Cc1cccc2ncc(C3CCC(=O)NC3=O)cc12. The number of piperidine rings is 1. The fourth-order valence-corrected chi connectivity index (χ4v) is 2.49. The zero-order chi connectivity index (χ0) is 14.1. The summed E-state index contributed by atoms with van der Waals surface area (Å²) in [5.74, 6) is -0.927. The number of hydrogen-bond acceptors (Lipinski definition) is 4. The Hall–Kier alpha value is -2.56. The van der Waals surface area contributed by atoms with E-state index in [1.807, 2.05) is 12.1 Å². The lowest BCUT2D eigenvalue weighted by Crippen LogP contribution is -2.39. The first kappa shape index (κ1) is 12.5. The Morgan fingerprint density at radius 2 is 2.15 bits per heavy atom. The van der Waals surface area contributed by atoms with E-state index >= 15 is 0 Å². The molecule has 20 heavy (non-hydrogen) atoms. The van der Waals surface area contributed by atoms with Crippen LogP contribution in [0.15, 0.2) is 30.5 Å². The number of amides is 2. The number of aromatic nitrogens is 1. The molecule has 100 valence electrons. The van der Waals surface area contributed by atoms with Crippen LogP contribution in [-0.2, 0) is 9.59 Å². The van der Waals surface area contributed by atoms with E-state index in [9.17, 15) is 14.4 Å². The van der Waals surface area contributed by atoms with Gasteiger partial charge in [-0.25, -0.2) is 0 Å². The van der Waals surface area contributed by atoms with Gasteiger partial charge in [-0.3, -0.25) is 24.7 Å². The summed E-state index contributed by atoms with van der Waals surface area (Å²) >= 11 is 0. The molecule has 1 atom stereocenters. The number of imide groups is 1. The van der Waals surface area contributed by atoms with E-state index in [1.165, 1.54) is 0 Å². The van der Waals surface area contributed by atoms with E-state index in [2.05, 4.69) is 10.3 Å². The lowest BCUT2D eigenvalue weighted by Gasteiger charge is -2.21. The summed E-state index contributed by atoms with van der Waals surface area (Å²) in [5, 5.41) is 3.06. The van der Waals surface area contributed by atoms with Crippen molar-refractivity contribution in [1.29, 1.82) is 0 Å². The molecule has 0 aliphatic carbocycles. The number of pyridine rings is 1. The number of hydrogen-bond donors (Lipinski definition) is 1. The van der Waals surface area contributed by atoms with Gasteiger partial charge in [0.1, 0.15) is 0 Å². The number of aldehydes is 1. The van der Waals surface area contributed by atoms with Gasteiger partial charge in [0.05, 0.1) is 11.4 Å². The average molecular weight is 268 g/mol. The fraction of sp³-hybridized carbons (Fsp3) is 0.200. The van der Waals surface area contributed by atoms with Crippen LogP contribution in [0.5, 0.6) is 0 Å². The molecule has 0 spiro atoms. The molecule has 3 rings (SSSR count). The first-order valence-corrected chi connectivity index (χ1v) is 6.36. The van der Waals surface area contributed by atoms with Crippen molar-refractivity contribution in [3.8, 4) is 0 Å². The van der Waals surface area contributed by atoms with Crippen molar-refractivity contribution in [3.63, 3.8) is 0 Å². The van der Waals surface area contributed by atoms with E-state index in [-0.39, 0.29) is 17.7 Å². The molecule has 0 radical (unpaired) electrons. The summed E-state index contributed by atoms with van der Waals surface area (Å²) in [6, 6.07) is 7.11. The highest BCUT2D eigenvalue weighted by atomic mass is 16.2. The number of nitrogens with zero attached hydrogens (tertiary/aromatic N) is 1. The summed E-state index contributed by atoms with van der Waals surface area (Å²) in [7, 11) is 0. The zero-order valence-corrected chi connectivity index (χ0v) is 10.6. The standard InChI is InChI=1S/C15H12N2O3/c18-8-9-2-1-3-13-12(9)6-10(7-16-13)11-4-5-14(19)17-15(11)20/h1-3,6-8,11H,4-5H2,(H,17,19,20). The van der Waals surface area contributed by atoms with Gasteiger partial charge in [-0.05, 0) is 24.1 Å². The first-order valence-electron chi connectivity index (χ1n) is 6.36. The summed E-state index contributed by atoms with van der Waals surface area (Å²) in [4.78, 5) is 38.4. The molecule has 1 aromatic carbocycles.